The molecule has 0 heterocycles. The van der Waals surface area contributed by atoms with Crippen molar-refractivity contribution in [1.82, 2.24) is 0 Å². The second kappa shape index (κ2) is 13.3. The Morgan fingerprint density at radius 2 is 0.658 bits per heavy atom. The fourth-order valence-electron chi connectivity index (χ4n) is 4.84. The topological polar surface area (TPSA) is 17.1 Å². The summed E-state index contributed by atoms with van der Waals surface area (Å²) >= 11 is 0. The van der Waals surface area contributed by atoms with E-state index in [1.165, 1.54) is 21.2 Å². The van der Waals surface area contributed by atoms with E-state index in [1.54, 1.807) is 0 Å². The van der Waals surface area contributed by atoms with E-state index in [9.17, 15) is 4.57 Å². The van der Waals surface area contributed by atoms with E-state index < -0.39 is 23.0 Å². The highest BCUT2D eigenvalue weighted by Crippen LogP contribution is 2.50. The van der Waals surface area contributed by atoms with Crippen molar-refractivity contribution in [3.8, 4) is 0 Å². The van der Waals surface area contributed by atoms with Gasteiger partial charge in [0.05, 0.1) is 0 Å². The summed E-state index contributed by atoms with van der Waals surface area (Å²) in [5, 5.41) is 6.42. The summed E-state index contributed by atoms with van der Waals surface area (Å²) in [4.78, 5) is 0. The Morgan fingerprint density at radius 1 is 0.395 bits per heavy atom. The predicted octanol–water partition coefficient (Wildman–Crippen LogP) is 6.94. The van der Waals surface area contributed by atoms with Crippen LogP contribution in [0.25, 0.3) is 0 Å². The van der Waals surface area contributed by atoms with Gasteiger partial charge in [0.2, 0.25) is 0 Å². The van der Waals surface area contributed by atoms with E-state index in [2.05, 4.69) is 133 Å². The minimum atomic E-state index is -2.63. The molecule has 190 valence electrons. The van der Waals surface area contributed by atoms with Crippen LogP contribution < -0.4 is 26.5 Å². The van der Waals surface area contributed by atoms with Crippen LogP contribution in [0, 0.1) is 0 Å². The standard InChI is InChI=1S/C34H33OP3/c35-38(34-24-14-5-15-25-34,28-26-36(30-16-6-1-7-17-30)31-18-8-2-9-19-31)29-27-37(32-20-10-3-11-21-32)33-22-12-4-13-23-33/h1-25H,26-29H2. The average Bonchev–Trinajstić information content (AvgIpc) is 3.00. The highest BCUT2D eigenvalue weighted by molar-refractivity contribution is 7.77. The van der Waals surface area contributed by atoms with E-state index in [1.807, 2.05) is 18.2 Å². The van der Waals surface area contributed by atoms with E-state index in [-0.39, 0.29) is 0 Å². The van der Waals surface area contributed by atoms with Crippen LogP contribution in [0.2, 0.25) is 0 Å². The smallest absolute Gasteiger partial charge is 0.116 e. The lowest BCUT2D eigenvalue weighted by molar-refractivity contribution is 0.583. The highest BCUT2D eigenvalue weighted by Gasteiger charge is 2.28. The highest BCUT2D eigenvalue weighted by atomic mass is 31.2. The maximum Gasteiger partial charge on any atom is 0.116 e. The first-order valence-electron chi connectivity index (χ1n) is 13.1. The normalized spacial score (nSPS) is 11.6. The number of rotatable bonds is 11. The summed E-state index contributed by atoms with van der Waals surface area (Å²) in [6.45, 7) is 0. The van der Waals surface area contributed by atoms with Crippen molar-refractivity contribution >= 4 is 49.5 Å². The molecule has 1 nitrogen and oxygen atoms in total. The van der Waals surface area contributed by atoms with Crippen molar-refractivity contribution in [3.63, 3.8) is 0 Å². The van der Waals surface area contributed by atoms with E-state index in [0.29, 0.717) is 0 Å². The zero-order valence-corrected chi connectivity index (χ0v) is 24.2. The van der Waals surface area contributed by atoms with Gasteiger partial charge < -0.3 is 4.57 Å². The van der Waals surface area contributed by atoms with Gasteiger partial charge in [-0.25, -0.2) is 0 Å². The van der Waals surface area contributed by atoms with Crippen molar-refractivity contribution < 1.29 is 4.57 Å². The van der Waals surface area contributed by atoms with Gasteiger partial charge >= 0.3 is 0 Å². The molecule has 0 aliphatic heterocycles. The molecule has 0 saturated heterocycles. The molecular weight excluding hydrogens is 517 g/mol. The van der Waals surface area contributed by atoms with Crippen LogP contribution in [0.1, 0.15) is 0 Å². The minimum Gasteiger partial charge on any atom is -0.319 e. The van der Waals surface area contributed by atoms with Crippen LogP contribution in [0.5, 0.6) is 0 Å². The van der Waals surface area contributed by atoms with Crippen LogP contribution in [0.4, 0.5) is 0 Å². The molecule has 0 aromatic heterocycles. The van der Waals surface area contributed by atoms with Gasteiger partial charge in [-0.3, -0.25) is 0 Å². The van der Waals surface area contributed by atoms with Crippen LogP contribution in [-0.4, -0.2) is 24.6 Å². The van der Waals surface area contributed by atoms with Gasteiger partial charge in [-0.1, -0.05) is 152 Å². The molecule has 0 fully saturated rings. The molecule has 0 amide bonds. The zero-order valence-electron chi connectivity index (χ0n) is 21.5. The third kappa shape index (κ3) is 6.79. The van der Waals surface area contributed by atoms with E-state index in [0.717, 1.165) is 30.0 Å². The molecule has 0 aliphatic carbocycles. The molecule has 0 radical (unpaired) electrons. The van der Waals surface area contributed by atoms with Crippen LogP contribution in [0.15, 0.2) is 152 Å². The Labute approximate surface area is 229 Å². The number of benzene rings is 5. The molecule has 0 aliphatic rings. The van der Waals surface area contributed by atoms with Crippen LogP contribution in [0.3, 0.4) is 0 Å². The summed E-state index contributed by atoms with van der Waals surface area (Å²) in [6.07, 6.45) is 3.28. The molecule has 0 bridgehead atoms. The molecule has 0 atom stereocenters. The predicted molar refractivity (Wildman–Crippen MR) is 171 cm³/mol. The molecule has 5 rings (SSSR count). The van der Waals surface area contributed by atoms with Crippen molar-refractivity contribution in [2.75, 3.05) is 24.6 Å². The maximum atomic E-state index is 15.0. The molecule has 5 aromatic rings. The second-order valence-electron chi connectivity index (χ2n) is 9.32. The van der Waals surface area contributed by atoms with Crippen molar-refractivity contribution in [1.29, 1.82) is 0 Å². The van der Waals surface area contributed by atoms with Gasteiger partial charge in [-0.15, -0.1) is 0 Å². The maximum absolute atomic E-state index is 15.0. The van der Waals surface area contributed by atoms with Gasteiger partial charge in [-0.05, 0) is 49.4 Å². The van der Waals surface area contributed by atoms with Gasteiger partial charge in [0.25, 0.3) is 0 Å². The molecular formula is C34H33OP3. The van der Waals surface area contributed by atoms with Gasteiger partial charge in [-0.2, -0.15) is 0 Å². The van der Waals surface area contributed by atoms with Gasteiger partial charge in [0.1, 0.15) is 7.14 Å². The van der Waals surface area contributed by atoms with Crippen LogP contribution >= 0.6 is 23.0 Å². The Kier molecular flexibility index (Phi) is 9.38. The number of hydrogen-bond donors (Lipinski definition) is 0. The van der Waals surface area contributed by atoms with Crippen LogP contribution in [-0.2, 0) is 4.57 Å². The first-order valence-corrected chi connectivity index (χ1v) is 18.2. The summed E-state index contributed by atoms with van der Waals surface area (Å²) in [5.41, 5.74) is 0. The summed E-state index contributed by atoms with van der Waals surface area (Å²) in [7, 11) is -3.80. The monoisotopic (exact) mass is 550 g/mol. The van der Waals surface area contributed by atoms with E-state index >= 15 is 0 Å². The molecule has 0 unspecified atom stereocenters. The zero-order chi connectivity index (χ0) is 26.0. The first kappa shape index (κ1) is 26.8. The molecule has 5 aromatic carbocycles. The van der Waals surface area contributed by atoms with Gasteiger partial charge in [0.15, 0.2) is 0 Å². The third-order valence-corrected chi connectivity index (χ3v) is 15.7. The lowest BCUT2D eigenvalue weighted by Crippen LogP contribution is -2.21. The first-order chi connectivity index (χ1) is 18.7. The largest absolute Gasteiger partial charge is 0.319 e. The second-order valence-corrected chi connectivity index (χ2v) is 17.2. The summed E-state index contributed by atoms with van der Waals surface area (Å²) in [5.74, 6) is 0. The fraction of sp³-hybridized carbons (Fsp3) is 0.118. The molecule has 0 saturated carbocycles. The quantitative estimate of drug-likeness (QED) is 0.163. The molecule has 0 spiro atoms. The Hall–Kier alpha value is -2.81. The molecule has 38 heavy (non-hydrogen) atoms. The number of hydrogen-bond acceptors (Lipinski definition) is 1. The lowest BCUT2D eigenvalue weighted by Gasteiger charge is -2.26. The summed E-state index contributed by atoms with van der Waals surface area (Å²) < 4.78 is 15.0. The SMILES string of the molecule is O=P(CCP(c1ccccc1)c1ccccc1)(CCP(c1ccccc1)c1ccccc1)c1ccccc1. The summed E-state index contributed by atoms with van der Waals surface area (Å²) in [6, 6.07) is 53.4. The average molecular weight is 551 g/mol. The molecule has 0 N–H and O–H groups in total. The lowest BCUT2D eigenvalue weighted by atomic mass is 10.4. The minimum absolute atomic E-state index is 0.586. The Balaban J connectivity index is 1.44. The van der Waals surface area contributed by atoms with Gasteiger partial charge in [0, 0.05) is 17.6 Å². The molecule has 4 heteroatoms. The Bertz CT molecular complexity index is 1260. The van der Waals surface area contributed by atoms with Crippen molar-refractivity contribution in [3.05, 3.63) is 152 Å². The van der Waals surface area contributed by atoms with Crippen molar-refractivity contribution in [2.45, 2.75) is 0 Å². The van der Waals surface area contributed by atoms with E-state index in [4.69, 9.17) is 0 Å². The van der Waals surface area contributed by atoms with Crippen molar-refractivity contribution in [2.24, 2.45) is 0 Å². The fourth-order valence-corrected chi connectivity index (χ4v) is 14.2. The third-order valence-electron chi connectivity index (χ3n) is 6.87. The Morgan fingerprint density at radius 3 is 0.947 bits per heavy atom.